The van der Waals surface area contributed by atoms with Crippen LogP contribution in [0.25, 0.3) is 10.4 Å². The second-order valence-electron chi connectivity index (χ2n) is 3.84. The van der Waals surface area contributed by atoms with Gasteiger partial charge < -0.3 is 5.73 Å². The van der Waals surface area contributed by atoms with Gasteiger partial charge in [0.2, 0.25) is 0 Å². The average Bonchev–Trinajstić information content (AvgIpc) is 2.77. The summed E-state index contributed by atoms with van der Waals surface area (Å²) in [5.74, 6) is 0. The van der Waals surface area contributed by atoms with Crippen LogP contribution in [-0.4, -0.2) is 0 Å². The number of hydrogen-bond donors (Lipinski definition) is 1. The van der Waals surface area contributed by atoms with Crippen molar-refractivity contribution in [2.24, 2.45) is 5.73 Å². The van der Waals surface area contributed by atoms with Crippen molar-refractivity contribution in [3.8, 4) is 10.4 Å². The first-order valence-electron chi connectivity index (χ1n) is 5.42. The molecule has 1 heterocycles. The Labute approximate surface area is 119 Å². The Balaban J connectivity index is 2.37. The van der Waals surface area contributed by atoms with Crippen molar-refractivity contribution in [3.05, 3.63) is 44.7 Å². The number of halogens is 2. The number of rotatable bonds is 3. The molecule has 0 radical (unpaired) electrons. The van der Waals surface area contributed by atoms with E-state index in [4.69, 9.17) is 17.3 Å². The maximum Gasteiger partial charge on any atom is 0.0503 e. The molecule has 0 bridgehead atoms. The molecule has 0 fully saturated rings. The van der Waals surface area contributed by atoms with Crippen LogP contribution < -0.4 is 5.73 Å². The van der Waals surface area contributed by atoms with Gasteiger partial charge in [0.15, 0.2) is 0 Å². The van der Waals surface area contributed by atoms with E-state index in [-0.39, 0.29) is 6.04 Å². The molecule has 1 aromatic heterocycles. The lowest BCUT2D eigenvalue weighted by molar-refractivity contribution is 0.712. The van der Waals surface area contributed by atoms with Gasteiger partial charge in [-0.15, -0.1) is 11.3 Å². The van der Waals surface area contributed by atoms with E-state index in [0.29, 0.717) is 0 Å². The molecule has 0 amide bonds. The fraction of sp³-hybridized carbons (Fsp3) is 0.231. The molecule has 2 aromatic rings. The Morgan fingerprint density at radius 1 is 1.35 bits per heavy atom. The highest BCUT2D eigenvalue weighted by molar-refractivity contribution is 9.10. The Kier molecular flexibility index (Phi) is 4.26. The Hall–Kier alpha value is -0.350. The van der Waals surface area contributed by atoms with Gasteiger partial charge >= 0.3 is 0 Å². The quantitative estimate of drug-likeness (QED) is 0.818. The zero-order valence-corrected chi connectivity index (χ0v) is 12.6. The molecule has 1 atom stereocenters. The molecular formula is C13H13BrClNS. The molecule has 4 heteroatoms. The monoisotopic (exact) mass is 329 g/mol. The van der Waals surface area contributed by atoms with E-state index >= 15 is 0 Å². The molecule has 2 N–H and O–H groups in total. The molecule has 0 aliphatic carbocycles. The number of hydrogen-bond acceptors (Lipinski definition) is 2. The van der Waals surface area contributed by atoms with Crippen molar-refractivity contribution in [1.82, 2.24) is 0 Å². The van der Waals surface area contributed by atoms with Crippen molar-refractivity contribution >= 4 is 38.9 Å². The van der Waals surface area contributed by atoms with Crippen LogP contribution in [0.3, 0.4) is 0 Å². The van der Waals surface area contributed by atoms with Gasteiger partial charge in [0.25, 0.3) is 0 Å². The zero-order chi connectivity index (χ0) is 12.4. The fourth-order valence-corrected chi connectivity index (χ4v) is 3.55. The van der Waals surface area contributed by atoms with E-state index in [1.165, 1.54) is 9.75 Å². The van der Waals surface area contributed by atoms with E-state index in [1.54, 1.807) is 11.3 Å². The molecule has 1 aromatic carbocycles. The van der Waals surface area contributed by atoms with Crippen LogP contribution in [0.15, 0.2) is 34.8 Å². The molecule has 0 aliphatic rings. The van der Waals surface area contributed by atoms with Gasteiger partial charge in [0, 0.05) is 25.8 Å². The van der Waals surface area contributed by atoms with Gasteiger partial charge in [-0.05, 0) is 30.7 Å². The third-order valence-electron chi connectivity index (χ3n) is 2.63. The summed E-state index contributed by atoms with van der Waals surface area (Å²) >= 11 is 11.4. The predicted molar refractivity (Wildman–Crippen MR) is 79.7 cm³/mol. The lowest BCUT2D eigenvalue weighted by Crippen LogP contribution is -2.05. The second kappa shape index (κ2) is 5.53. The molecule has 0 saturated carbocycles. The summed E-state index contributed by atoms with van der Waals surface area (Å²) in [5.41, 5.74) is 7.08. The number of thiophene rings is 1. The average molecular weight is 331 g/mol. The topological polar surface area (TPSA) is 26.0 Å². The lowest BCUT2D eigenvalue weighted by atomic mass is 10.2. The number of benzene rings is 1. The van der Waals surface area contributed by atoms with Gasteiger partial charge in [0.05, 0.1) is 5.02 Å². The SMILES string of the molecule is CCC(N)c1ccc(-c2ccc(Br)cc2Cl)s1. The maximum atomic E-state index is 6.23. The van der Waals surface area contributed by atoms with Crippen molar-refractivity contribution in [2.75, 3.05) is 0 Å². The molecule has 1 nitrogen and oxygen atoms in total. The van der Waals surface area contributed by atoms with Crippen LogP contribution in [0.4, 0.5) is 0 Å². The van der Waals surface area contributed by atoms with Gasteiger partial charge in [-0.1, -0.05) is 40.5 Å². The molecule has 1 unspecified atom stereocenters. The summed E-state index contributed by atoms with van der Waals surface area (Å²) < 4.78 is 0.994. The highest BCUT2D eigenvalue weighted by atomic mass is 79.9. The minimum absolute atomic E-state index is 0.128. The van der Waals surface area contributed by atoms with Crippen LogP contribution >= 0.6 is 38.9 Å². The third-order valence-corrected chi connectivity index (χ3v) is 4.69. The van der Waals surface area contributed by atoms with E-state index in [9.17, 15) is 0 Å². The smallest absolute Gasteiger partial charge is 0.0503 e. The minimum atomic E-state index is 0.128. The second-order valence-corrected chi connectivity index (χ2v) is 6.28. The summed E-state index contributed by atoms with van der Waals surface area (Å²) in [5, 5.41) is 0.762. The molecular weight excluding hydrogens is 318 g/mol. The van der Waals surface area contributed by atoms with E-state index in [0.717, 1.165) is 21.5 Å². The van der Waals surface area contributed by atoms with E-state index in [2.05, 4.69) is 35.0 Å². The van der Waals surface area contributed by atoms with E-state index < -0.39 is 0 Å². The summed E-state index contributed by atoms with van der Waals surface area (Å²) in [6.07, 6.45) is 0.952. The van der Waals surface area contributed by atoms with Crippen molar-refractivity contribution < 1.29 is 0 Å². The number of nitrogens with two attached hydrogens (primary N) is 1. The minimum Gasteiger partial charge on any atom is -0.323 e. The normalized spacial score (nSPS) is 12.7. The van der Waals surface area contributed by atoms with E-state index in [1.807, 2.05) is 18.2 Å². The van der Waals surface area contributed by atoms with Crippen LogP contribution in [0.2, 0.25) is 5.02 Å². The summed E-state index contributed by atoms with van der Waals surface area (Å²) in [4.78, 5) is 2.38. The van der Waals surface area contributed by atoms with Gasteiger partial charge in [-0.3, -0.25) is 0 Å². The first kappa shape index (κ1) is 13.1. The standard InChI is InChI=1S/C13H13BrClNS/c1-2-11(16)13-6-5-12(17-13)9-4-3-8(14)7-10(9)15/h3-7,11H,2,16H2,1H3. The van der Waals surface area contributed by atoms with Crippen LogP contribution in [0.1, 0.15) is 24.3 Å². The summed E-state index contributed by atoms with van der Waals surface area (Å²) in [7, 11) is 0. The highest BCUT2D eigenvalue weighted by Gasteiger charge is 2.10. The maximum absolute atomic E-state index is 6.23. The highest BCUT2D eigenvalue weighted by Crippen LogP contribution is 2.36. The molecule has 90 valence electrons. The molecule has 0 saturated heterocycles. The Bertz CT molecular complexity index is 524. The molecule has 0 spiro atoms. The third kappa shape index (κ3) is 2.91. The largest absolute Gasteiger partial charge is 0.323 e. The Morgan fingerprint density at radius 2 is 2.12 bits per heavy atom. The van der Waals surface area contributed by atoms with Gasteiger partial charge in [0.1, 0.15) is 0 Å². The van der Waals surface area contributed by atoms with Gasteiger partial charge in [-0.25, -0.2) is 0 Å². The van der Waals surface area contributed by atoms with Crippen LogP contribution in [0.5, 0.6) is 0 Å². The fourth-order valence-electron chi connectivity index (χ4n) is 1.59. The lowest BCUT2D eigenvalue weighted by Gasteiger charge is -2.05. The van der Waals surface area contributed by atoms with Gasteiger partial charge in [-0.2, -0.15) is 0 Å². The van der Waals surface area contributed by atoms with Crippen molar-refractivity contribution in [2.45, 2.75) is 19.4 Å². The molecule has 2 rings (SSSR count). The first-order valence-corrected chi connectivity index (χ1v) is 7.41. The molecule has 17 heavy (non-hydrogen) atoms. The summed E-state index contributed by atoms with van der Waals surface area (Å²) in [6.45, 7) is 2.09. The Morgan fingerprint density at radius 3 is 2.76 bits per heavy atom. The van der Waals surface area contributed by atoms with Crippen LogP contribution in [-0.2, 0) is 0 Å². The first-order chi connectivity index (χ1) is 8.11. The predicted octanol–water partition coefficient (Wildman–Crippen LogP) is 5.24. The van der Waals surface area contributed by atoms with Crippen LogP contribution in [0, 0.1) is 0 Å². The summed E-state index contributed by atoms with van der Waals surface area (Å²) in [6, 6.07) is 10.2. The molecule has 0 aliphatic heterocycles. The van der Waals surface area contributed by atoms with Crippen molar-refractivity contribution in [1.29, 1.82) is 0 Å². The zero-order valence-electron chi connectivity index (χ0n) is 9.41. The van der Waals surface area contributed by atoms with Crippen molar-refractivity contribution in [3.63, 3.8) is 0 Å².